The quantitative estimate of drug-likeness (QED) is 0.590. The number of halogens is 1. The van der Waals surface area contributed by atoms with Gasteiger partial charge in [0.1, 0.15) is 11.6 Å². The summed E-state index contributed by atoms with van der Waals surface area (Å²) >= 11 is 0. The zero-order valence-electron chi connectivity index (χ0n) is 18.1. The molecule has 0 bridgehead atoms. The van der Waals surface area contributed by atoms with Crippen molar-refractivity contribution < 1.29 is 23.8 Å². The summed E-state index contributed by atoms with van der Waals surface area (Å²) in [5, 5.41) is 12.5. The first kappa shape index (κ1) is 22.1. The number of aromatic carboxylic acids is 1. The fraction of sp³-hybridized carbons (Fsp3) is 0.200. The van der Waals surface area contributed by atoms with Crippen LogP contribution in [0.1, 0.15) is 20.7 Å². The summed E-state index contributed by atoms with van der Waals surface area (Å²) in [5.41, 5.74) is 2.36. The zero-order chi connectivity index (χ0) is 23.4. The topological polar surface area (TPSA) is 82.1 Å². The highest BCUT2D eigenvalue weighted by Crippen LogP contribution is 2.31. The number of carbonyl (C=O) groups excluding carboxylic acids is 1. The Morgan fingerprint density at radius 2 is 1.55 bits per heavy atom. The van der Waals surface area contributed by atoms with Gasteiger partial charge in [0.15, 0.2) is 0 Å². The number of carboxylic acids is 1. The number of rotatable bonds is 6. The van der Waals surface area contributed by atoms with Crippen LogP contribution in [0, 0.1) is 5.82 Å². The number of nitrogens with zero attached hydrogens (tertiary/aromatic N) is 2. The Kier molecular flexibility index (Phi) is 6.44. The van der Waals surface area contributed by atoms with Crippen molar-refractivity contribution in [2.45, 2.75) is 0 Å². The highest BCUT2D eigenvalue weighted by molar-refractivity contribution is 6.05. The molecule has 3 aromatic rings. The third kappa shape index (κ3) is 4.90. The fourth-order valence-corrected chi connectivity index (χ4v) is 3.94. The van der Waals surface area contributed by atoms with E-state index in [9.17, 15) is 19.1 Å². The lowest BCUT2D eigenvalue weighted by Gasteiger charge is -2.38. The number of piperazine rings is 1. The van der Waals surface area contributed by atoms with Crippen molar-refractivity contribution in [1.29, 1.82) is 0 Å². The molecule has 1 heterocycles. The summed E-state index contributed by atoms with van der Waals surface area (Å²) in [7, 11) is 1.64. The maximum absolute atomic E-state index is 13.1. The van der Waals surface area contributed by atoms with E-state index >= 15 is 0 Å². The molecule has 4 rings (SSSR count). The van der Waals surface area contributed by atoms with Crippen molar-refractivity contribution in [2.24, 2.45) is 0 Å². The average Bonchev–Trinajstić information content (AvgIpc) is 2.84. The van der Waals surface area contributed by atoms with Crippen molar-refractivity contribution in [2.75, 3.05) is 48.4 Å². The molecule has 33 heavy (non-hydrogen) atoms. The van der Waals surface area contributed by atoms with Crippen LogP contribution in [-0.2, 0) is 0 Å². The van der Waals surface area contributed by atoms with Gasteiger partial charge < -0.3 is 25.0 Å². The van der Waals surface area contributed by atoms with E-state index in [-0.39, 0.29) is 11.1 Å². The fourth-order valence-electron chi connectivity index (χ4n) is 3.94. The van der Waals surface area contributed by atoms with E-state index in [1.54, 1.807) is 19.2 Å². The number of ether oxygens (including phenoxy) is 1. The SMILES string of the molecule is COc1ccccc1N1CCN(c2ccc(NC(=O)c3ccc(F)cc3)cc2C(=O)O)CC1. The average molecular weight is 449 g/mol. The molecule has 1 aliphatic rings. The molecule has 8 heteroatoms. The van der Waals surface area contributed by atoms with Gasteiger partial charge in [0.2, 0.25) is 0 Å². The number of hydrogen-bond acceptors (Lipinski definition) is 5. The van der Waals surface area contributed by atoms with Crippen LogP contribution in [-0.4, -0.2) is 50.3 Å². The highest BCUT2D eigenvalue weighted by Gasteiger charge is 2.23. The molecule has 1 aliphatic heterocycles. The summed E-state index contributed by atoms with van der Waals surface area (Å²) in [4.78, 5) is 28.6. The maximum atomic E-state index is 13.1. The van der Waals surface area contributed by atoms with Crippen LogP contribution < -0.4 is 19.9 Å². The van der Waals surface area contributed by atoms with Crippen molar-refractivity contribution >= 4 is 28.9 Å². The van der Waals surface area contributed by atoms with Gasteiger partial charge in [-0.15, -0.1) is 0 Å². The van der Waals surface area contributed by atoms with Crippen molar-refractivity contribution in [3.05, 3.63) is 83.7 Å². The first-order valence-corrected chi connectivity index (χ1v) is 10.5. The Bertz CT molecular complexity index is 1160. The number of hydrogen-bond donors (Lipinski definition) is 2. The van der Waals surface area contributed by atoms with Crippen molar-refractivity contribution in [3.8, 4) is 5.75 Å². The zero-order valence-corrected chi connectivity index (χ0v) is 18.1. The van der Waals surface area contributed by atoms with Crippen molar-refractivity contribution in [3.63, 3.8) is 0 Å². The molecule has 1 amide bonds. The van der Waals surface area contributed by atoms with E-state index in [1.165, 1.54) is 30.3 Å². The molecule has 0 unspecified atom stereocenters. The molecule has 1 fully saturated rings. The number of para-hydroxylation sites is 2. The molecule has 0 aromatic heterocycles. The van der Waals surface area contributed by atoms with E-state index in [0.717, 1.165) is 11.4 Å². The molecular weight excluding hydrogens is 425 g/mol. The second-order valence-electron chi connectivity index (χ2n) is 7.64. The lowest BCUT2D eigenvalue weighted by Crippen LogP contribution is -2.47. The van der Waals surface area contributed by atoms with E-state index in [0.29, 0.717) is 37.6 Å². The summed E-state index contributed by atoms with van der Waals surface area (Å²) in [5.74, 6) is -1.15. The summed E-state index contributed by atoms with van der Waals surface area (Å²) < 4.78 is 18.5. The molecule has 0 radical (unpaired) electrons. The Morgan fingerprint density at radius 1 is 0.909 bits per heavy atom. The Labute approximate surface area is 191 Å². The largest absolute Gasteiger partial charge is 0.495 e. The Balaban J connectivity index is 1.49. The molecule has 0 atom stereocenters. The van der Waals surface area contributed by atoms with Crippen LogP contribution in [0.2, 0.25) is 0 Å². The first-order valence-electron chi connectivity index (χ1n) is 10.5. The predicted octanol–water partition coefficient (Wildman–Crippen LogP) is 4.11. The maximum Gasteiger partial charge on any atom is 0.337 e. The van der Waals surface area contributed by atoms with Crippen LogP contribution in [0.25, 0.3) is 0 Å². The highest BCUT2D eigenvalue weighted by atomic mass is 19.1. The Morgan fingerprint density at radius 3 is 2.18 bits per heavy atom. The van der Waals surface area contributed by atoms with E-state index in [4.69, 9.17) is 4.74 Å². The normalized spacial score (nSPS) is 13.5. The molecule has 7 nitrogen and oxygen atoms in total. The second-order valence-corrected chi connectivity index (χ2v) is 7.64. The summed E-state index contributed by atoms with van der Waals surface area (Å²) in [6, 6.07) is 17.8. The molecular formula is C25H24FN3O4. The second kappa shape index (κ2) is 9.60. The van der Waals surface area contributed by atoms with Gasteiger partial charge in [-0.05, 0) is 54.6 Å². The third-order valence-electron chi connectivity index (χ3n) is 5.64. The molecule has 0 spiro atoms. The molecule has 1 saturated heterocycles. The summed E-state index contributed by atoms with van der Waals surface area (Å²) in [6.07, 6.45) is 0. The minimum Gasteiger partial charge on any atom is -0.495 e. The lowest BCUT2D eigenvalue weighted by molar-refractivity contribution is 0.0697. The number of methoxy groups -OCH3 is 1. The lowest BCUT2D eigenvalue weighted by atomic mass is 10.1. The van der Waals surface area contributed by atoms with Gasteiger partial charge in [-0.1, -0.05) is 12.1 Å². The number of benzene rings is 3. The monoisotopic (exact) mass is 449 g/mol. The van der Waals surface area contributed by atoms with Gasteiger partial charge in [-0.2, -0.15) is 0 Å². The molecule has 3 aromatic carbocycles. The predicted molar refractivity (Wildman–Crippen MR) is 125 cm³/mol. The minimum atomic E-state index is -1.07. The van der Waals surface area contributed by atoms with Gasteiger partial charge in [-0.3, -0.25) is 4.79 Å². The van der Waals surface area contributed by atoms with E-state index < -0.39 is 17.7 Å². The number of amides is 1. The molecule has 2 N–H and O–H groups in total. The number of nitrogens with one attached hydrogen (secondary N) is 1. The van der Waals surface area contributed by atoms with Crippen LogP contribution in [0.15, 0.2) is 66.7 Å². The van der Waals surface area contributed by atoms with Gasteiger partial charge in [0.05, 0.1) is 24.0 Å². The van der Waals surface area contributed by atoms with Gasteiger partial charge in [-0.25, -0.2) is 9.18 Å². The standard InChI is InChI=1S/C25H24FN3O4/c1-33-23-5-3-2-4-22(23)29-14-12-28(13-15-29)21-11-10-19(16-20(21)25(31)32)27-24(30)17-6-8-18(26)9-7-17/h2-11,16H,12-15H2,1H3,(H,27,30)(H,31,32). The van der Waals surface area contributed by atoms with Gasteiger partial charge in [0.25, 0.3) is 5.91 Å². The molecule has 0 saturated carbocycles. The number of anilines is 3. The third-order valence-corrected chi connectivity index (χ3v) is 5.64. The number of carbonyl (C=O) groups is 2. The number of carboxylic acid groups (broad SMARTS) is 1. The smallest absolute Gasteiger partial charge is 0.337 e. The molecule has 170 valence electrons. The Hall–Kier alpha value is -4.07. The van der Waals surface area contributed by atoms with Crippen LogP contribution >= 0.6 is 0 Å². The summed E-state index contributed by atoms with van der Waals surface area (Å²) in [6.45, 7) is 2.70. The van der Waals surface area contributed by atoms with E-state index in [2.05, 4.69) is 10.2 Å². The van der Waals surface area contributed by atoms with Gasteiger partial charge in [0, 0.05) is 37.4 Å². The van der Waals surface area contributed by atoms with Crippen LogP contribution in [0.3, 0.4) is 0 Å². The minimum absolute atomic E-state index is 0.109. The molecule has 0 aliphatic carbocycles. The van der Waals surface area contributed by atoms with Crippen LogP contribution in [0.4, 0.5) is 21.5 Å². The first-order chi connectivity index (χ1) is 16.0. The van der Waals surface area contributed by atoms with E-state index in [1.807, 2.05) is 29.2 Å². The van der Waals surface area contributed by atoms with Gasteiger partial charge >= 0.3 is 5.97 Å². The van der Waals surface area contributed by atoms with Crippen molar-refractivity contribution in [1.82, 2.24) is 0 Å². The van der Waals surface area contributed by atoms with Crippen LogP contribution in [0.5, 0.6) is 5.75 Å².